The fourth-order valence-corrected chi connectivity index (χ4v) is 4.65. The van der Waals surface area contributed by atoms with Crippen LogP contribution in [-0.4, -0.2) is 21.0 Å². The van der Waals surface area contributed by atoms with Crippen molar-refractivity contribution in [1.82, 2.24) is 10.0 Å². The fraction of sp³-hybridized carbons (Fsp3) is 0.571. The molecule has 0 aliphatic heterocycles. The van der Waals surface area contributed by atoms with E-state index in [0.29, 0.717) is 23.0 Å². The first-order valence-electron chi connectivity index (χ1n) is 7.05. The predicted molar refractivity (Wildman–Crippen MR) is 86.4 cm³/mol. The van der Waals surface area contributed by atoms with Crippen LogP contribution < -0.4 is 10.0 Å². The van der Waals surface area contributed by atoms with Crippen molar-refractivity contribution in [3.63, 3.8) is 0 Å². The van der Waals surface area contributed by atoms with Gasteiger partial charge in [0.15, 0.2) is 0 Å². The lowest BCUT2D eigenvalue weighted by atomic mass is 9.83. The van der Waals surface area contributed by atoms with Crippen LogP contribution in [0.3, 0.4) is 0 Å². The topological polar surface area (TPSA) is 58.2 Å². The molecule has 0 unspecified atom stereocenters. The number of benzene rings is 1. The van der Waals surface area contributed by atoms with Gasteiger partial charge < -0.3 is 5.32 Å². The first-order valence-corrected chi connectivity index (χ1v) is 9.29. The van der Waals surface area contributed by atoms with E-state index in [2.05, 4.69) is 17.0 Å². The lowest BCUT2D eigenvalue weighted by molar-refractivity contribution is 0.270. The molecule has 0 heterocycles. The van der Waals surface area contributed by atoms with E-state index in [9.17, 15) is 8.42 Å². The van der Waals surface area contributed by atoms with E-state index >= 15 is 0 Å². The minimum atomic E-state index is -3.61. The summed E-state index contributed by atoms with van der Waals surface area (Å²) < 4.78 is 27.6. The van der Waals surface area contributed by atoms with Gasteiger partial charge in [-0.1, -0.05) is 37.0 Å². The maximum atomic E-state index is 12.4. The third kappa shape index (κ3) is 3.90. The van der Waals surface area contributed by atoms with Crippen molar-refractivity contribution in [1.29, 1.82) is 0 Å². The van der Waals surface area contributed by atoms with Gasteiger partial charge in [-0.15, -0.1) is 0 Å². The summed E-state index contributed by atoms with van der Waals surface area (Å²) in [6, 6.07) is 3.05. The predicted octanol–water partition coefficient (Wildman–Crippen LogP) is 3.18. The quantitative estimate of drug-likeness (QED) is 0.828. The molecule has 0 amide bonds. The molecule has 0 bridgehead atoms. The van der Waals surface area contributed by atoms with Gasteiger partial charge in [-0.05, 0) is 37.4 Å². The minimum absolute atomic E-state index is 0.00830. The van der Waals surface area contributed by atoms with Crippen LogP contribution in [0.5, 0.6) is 0 Å². The number of halogens is 2. The zero-order valence-corrected chi connectivity index (χ0v) is 14.4. The normalized spacial score (nSPS) is 22.1. The van der Waals surface area contributed by atoms with Gasteiger partial charge in [0.05, 0.1) is 5.02 Å². The monoisotopic (exact) mass is 350 g/mol. The van der Waals surface area contributed by atoms with E-state index in [-0.39, 0.29) is 16.0 Å². The molecule has 2 N–H and O–H groups in total. The summed E-state index contributed by atoms with van der Waals surface area (Å²) in [7, 11) is -3.61. The van der Waals surface area contributed by atoms with E-state index in [0.717, 1.165) is 19.4 Å². The summed E-state index contributed by atoms with van der Waals surface area (Å²) in [5.74, 6) is 0.572. The smallest absolute Gasteiger partial charge is 0.242 e. The van der Waals surface area contributed by atoms with Gasteiger partial charge in [0.2, 0.25) is 10.0 Å². The molecule has 1 fully saturated rings. The summed E-state index contributed by atoms with van der Waals surface area (Å²) in [4.78, 5) is 0.0982. The molecule has 1 aromatic rings. The van der Waals surface area contributed by atoms with Gasteiger partial charge in [0.25, 0.3) is 0 Å². The zero-order chi connectivity index (χ0) is 15.6. The third-order valence-electron chi connectivity index (χ3n) is 3.69. The van der Waals surface area contributed by atoms with Crippen LogP contribution in [0.1, 0.15) is 32.3 Å². The number of sulfonamides is 1. The Morgan fingerprint density at radius 2 is 1.95 bits per heavy atom. The first-order chi connectivity index (χ1) is 9.85. The van der Waals surface area contributed by atoms with Crippen molar-refractivity contribution in [2.45, 2.75) is 44.2 Å². The van der Waals surface area contributed by atoms with Crippen LogP contribution >= 0.6 is 23.2 Å². The summed E-state index contributed by atoms with van der Waals surface area (Å²) in [5.41, 5.74) is 0.616. The van der Waals surface area contributed by atoms with Crippen molar-refractivity contribution in [3.05, 3.63) is 27.7 Å². The summed E-state index contributed by atoms with van der Waals surface area (Å²) in [5, 5.41) is 3.78. The van der Waals surface area contributed by atoms with Gasteiger partial charge in [-0.25, -0.2) is 13.1 Å². The highest BCUT2D eigenvalue weighted by Gasteiger charge is 2.31. The molecule has 0 radical (unpaired) electrons. The molecule has 0 spiro atoms. The number of rotatable bonds is 6. The molecule has 4 nitrogen and oxygen atoms in total. The van der Waals surface area contributed by atoms with Gasteiger partial charge in [-0.2, -0.15) is 0 Å². The minimum Gasteiger partial charge on any atom is -0.313 e. The maximum Gasteiger partial charge on any atom is 0.242 e. The maximum absolute atomic E-state index is 12.4. The van der Waals surface area contributed by atoms with Crippen LogP contribution in [0.4, 0.5) is 0 Å². The lowest BCUT2D eigenvalue weighted by Gasteiger charge is -2.33. The van der Waals surface area contributed by atoms with Crippen LogP contribution in [0, 0.1) is 5.92 Å². The highest BCUT2D eigenvalue weighted by Crippen LogP contribution is 2.33. The fourth-order valence-electron chi connectivity index (χ4n) is 2.48. The molecule has 1 aliphatic carbocycles. The van der Waals surface area contributed by atoms with Crippen molar-refractivity contribution in [2.24, 2.45) is 5.92 Å². The lowest BCUT2D eigenvalue weighted by Crippen LogP contribution is -2.43. The number of nitrogens with one attached hydrogen (secondary N) is 2. The average molecular weight is 351 g/mol. The Balaban J connectivity index is 2.26. The Kier molecular flexibility index (Phi) is 5.54. The van der Waals surface area contributed by atoms with Crippen molar-refractivity contribution in [3.8, 4) is 0 Å². The van der Waals surface area contributed by atoms with E-state index < -0.39 is 10.0 Å². The Morgan fingerprint density at radius 1 is 1.29 bits per heavy atom. The van der Waals surface area contributed by atoms with Crippen LogP contribution in [0.2, 0.25) is 10.0 Å². The van der Waals surface area contributed by atoms with Crippen molar-refractivity contribution < 1.29 is 8.42 Å². The van der Waals surface area contributed by atoms with E-state index in [4.69, 9.17) is 23.2 Å². The SMILES string of the molecule is CCNCc1c(Cl)ccc(S(=O)(=O)NC2CC(C)C2)c1Cl. The van der Waals surface area contributed by atoms with Gasteiger partial charge in [-0.3, -0.25) is 0 Å². The second kappa shape index (κ2) is 6.84. The van der Waals surface area contributed by atoms with Crippen LogP contribution in [0.15, 0.2) is 17.0 Å². The van der Waals surface area contributed by atoms with Gasteiger partial charge in [0, 0.05) is 23.2 Å². The third-order valence-corrected chi connectivity index (χ3v) is 6.15. The van der Waals surface area contributed by atoms with Crippen LogP contribution in [-0.2, 0) is 16.6 Å². The molecule has 2 rings (SSSR count). The average Bonchev–Trinajstić information content (AvgIpc) is 2.36. The largest absolute Gasteiger partial charge is 0.313 e. The standard InChI is InChI=1S/C14H20Cl2N2O2S/c1-3-17-8-11-12(15)4-5-13(14(11)16)21(19,20)18-10-6-9(2)7-10/h4-5,9-10,17-18H,3,6-8H2,1-2H3. The Labute approximate surface area is 136 Å². The molecule has 0 aromatic heterocycles. The Bertz CT molecular complexity index is 614. The molecule has 1 saturated carbocycles. The molecule has 118 valence electrons. The van der Waals surface area contributed by atoms with E-state index in [1.165, 1.54) is 6.07 Å². The van der Waals surface area contributed by atoms with Crippen LogP contribution in [0.25, 0.3) is 0 Å². The Hall–Kier alpha value is -0.330. The summed E-state index contributed by atoms with van der Waals surface area (Å²) in [6.07, 6.45) is 1.74. The highest BCUT2D eigenvalue weighted by atomic mass is 35.5. The second-order valence-corrected chi connectivity index (χ2v) is 7.98. The molecular formula is C14H20Cl2N2O2S. The van der Waals surface area contributed by atoms with Gasteiger partial charge >= 0.3 is 0 Å². The number of hydrogen-bond acceptors (Lipinski definition) is 3. The van der Waals surface area contributed by atoms with Crippen molar-refractivity contribution >= 4 is 33.2 Å². The second-order valence-electron chi connectivity index (χ2n) is 5.51. The van der Waals surface area contributed by atoms with E-state index in [1.54, 1.807) is 6.07 Å². The molecule has 21 heavy (non-hydrogen) atoms. The Morgan fingerprint density at radius 3 is 2.52 bits per heavy atom. The van der Waals surface area contributed by atoms with Crippen molar-refractivity contribution in [2.75, 3.05) is 6.54 Å². The molecule has 7 heteroatoms. The molecule has 0 saturated heterocycles. The summed E-state index contributed by atoms with van der Waals surface area (Å²) in [6.45, 7) is 5.26. The molecular weight excluding hydrogens is 331 g/mol. The summed E-state index contributed by atoms with van der Waals surface area (Å²) >= 11 is 12.4. The highest BCUT2D eigenvalue weighted by molar-refractivity contribution is 7.89. The van der Waals surface area contributed by atoms with E-state index in [1.807, 2.05) is 6.92 Å². The molecule has 1 aliphatic rings. The number of hydrogen-bond donors (Lipinski definition) is 2. The first kappa shape index (κ1) is 17.0. The molecule has 1 aromatic carbocycles. The molecule has 0 atom stereocenters. The van der Waals surface area contributed by atoms with Gasteiger partial charge in [0.1, 0.15) is 4.90 Å². The zero-order valence-electron chi connectivity index (χ0n) is 12.1.